The van der Waals surface area contributed by atoms with E-state index in [1.165, 1.54) is 0 Å². The van der Waals surface area contributed by atoms with Gasteiger partial charge in [0, 0.05) is 38.2 Å². The van der Waals surface area contributed by atoms with Gasteiger partial charge in [0.25, 0.3) is 5.56 Å². The van der Waals surface area contributed by atoms with Crippen LogP contribution in [0.4, 0.5) is 0 Å². The van der Waals surface area contributed by atoms with Crippen molar-refractivity contribution < 1.29 is 0 Å². The van der Waals surface area contributed by atoms with E-state index in [1.807, 2.05) is 95.6 Å². The molecule has 0 aliphatic heterocycles. The summed E-state index contributed by atoms with van der Waals surface area (Å²) in [6.45, 7) is 0. The maximum Gasteiger partial charge on any atom is 0.263 e. The largest absolute Gasteiger partial charge is 0.277 e. The van der Waals surface area contributed by atoms with Gasteiger partial charge >= 0.3 is 0 Å². The number of hydrogen-bond donors (Lipinski definition) is 0. The molecular weight excluding hydrogens is 589 g/mol. The molecule has 7 aromatic carbocycles. The molecule has 3 heterocycles. The summed E-state index contributed by atoms with van der Waals surface area (Å²) in [5.41, 5.74) is 6.25. The smallest absolute Gasteiger partial charge is 0.263 e. The van der Waals surface area contributed by atoms with Crippen LogP contribution in [0.3, 0.4) is 0 Å². The first-order valence-corrected chi connectivity index (χ1v) is 16.1. The van der Waals surface area contributed by atoms with Crippen molar-refractivity contribution in [1.82, 2.24) is 19.1 Å². The Hall–Kier alpha value is -6.59. The van der Waals surface area contributed by atoms with Crippen LogP contribution in [-0.4, -0.2) is 19.1 Å². The molecule has 0 saturated carbocycles. The van der Waals surface area contributed by atoms with Crippen LogP contribution >= 0.6 is 0 Å². The van der Waals surface area contributed by atoms with E-state index in [1.54, 1.807) is 0 Å². The number of rotatable bonds is 3. The molecule has 5 nitrogen and oxygen atoms in total. The second kappa shape index (κ2) is 10.2. The van der Waals surface area contributed by atoms with E-state index < -0.39 is 0 Å². The molecule has 0 bridgehead atoms. The Morgan fingerprint density at radius 2 is 1.10 bits per heavy atom. The first-order chi connectivity index (χ1) is 23.7. The SMILES string of the molecule is O=c1c2ccc3c4cc5ccccc5cc4n(-c4nc(-c5ccccc5)c5ccccc5n4)c3c2c2ccccc2n1-c1ccccc1. The average molecular weight is 615 g/mol. The molecule has 0 atom stereocenters. The molecule has 0 fully saturated rings. The van der Waals surface area contributed by atoms with Crippen molar-refractivity contribution in [2.24, 2.45) is 0 Å². The molecule has 48 heavy (non-hydrogen) atoms. The van der Waals surface area contributed by atoms with Crippen molar-refractivity contribution >= 4 is 65.2 Å². The number of aromatic nitrogens is 4. The zero-order chi connectivity index (χ0) is 31.8. The Kier molecular flexibility index (Phi) is 5.66. The Morgan fingerprint density at radius 1 is 0.458 bits per heavy atom. The molecule has 0 saturated heterocycles. The molecule has 0 spiro atoms. The maximum absolute atomic E-state index is 14.6. The molecule has 0 N–H and O–H groups in total. The highest BCUT2D eigenvalue weighted by Crippen LogP contribution is 2.40. The van der Waals surface area contributed by atoms with E-state index in [4.69, 9.17) is 9.97 Å². The summed E-state index contributed by atoms with van der Waals surface area (Å²) in [7, 11) is 0. The van der Waals surface area contributed by atoms with Gasteiger partial charge in [0.2, 0.25) is 5.95 Å². The van der Waals surface area contributed by atoms with E-state index in [0.29, 0.717) is 11.3 Å². The van der Waals surface area contributed by atoms with Crippen LogP contribution in [0.1, 0.15) is 0 Å². The summed E-state index contributed by atoms with van der Waals surface area (Å²) < 4.78 is 4.00. The van der Waals surface area contributed by atoms with Gasteiger partial charge in [-0.3, -0.25) is 13.9 Å². The van der Waals surface area contributed by atoms with Gasteiger partial charge in [-0.2, -0.15) is 0 Å². The Labute approximate surface area is 274 Å². The molecule has 0 amide bonds. The van der Waals surface area contributed by atoms with Crippen LogP contribution in [0.15, 0.2) is 163 Å². The van der Waals surface area contributed by atoms with Crippen LogP contribution in [-0.2, 0) is 0 Å². The fourth-order valence-electron chi connectivity index (χ4n) is 7.37. The van der Waals surface area contributed by atoms with Crippen molar-refractivity contribution in [3.8, 4) is 22.9 Å². The Morgan fingerprint density at radius 3 is 1.92 bits per heavy atom. The minimum Gasteiger partial charge on any atom is -0.277 e. The third-order valence-electron chi connectivity index (χ3n) is 9.50. The first kappa shape index (κ1) is 26.6. The highest BCUT2D eigenvalue weighted by Gasteiger charge is 2.23. The summed E-state index contributed by atoms with van der Waals surface area (Å²) in [6, 6.07) is 53.5. The summed E-state index contributed by atoms with van der Waals surface area (Å²) in [5.74, 6) is 0.562. The molecule has 5 heteroatoms. The van der Waals surface area contributed by atoms with E-state index in [0.717, 1.165) is 76.7 Å². The number of fused-ring (bicyclic) bond motifs is 9. The van der Waals surface area contributed by atoms with Crippen LogP contribution in [0, 0.1) is 0 Å². The molecule has 10 rings (SSSR count). The summed E-state index contributed by atoms with van der Waals surface area (Å²) in [6.07, 6.45) is 0. The van der Waals surface area contributed by atoms with Gasteiger partial charge in [-0.25, -0.2) is 9.97 Å². The maximum atomic E-state index is 14.6. The van der Waals surface area contributed by atoms with Gasteiger partial charge in [0.05, 0.1) is 33.1 Å². The minimum atomic E-state index is -0.0665. The van der Waals surface area contributed by atoms with Crippen molar-refractivity contribution in [2.45, 2.75) is 0 Å². The number of benzene rings is 7. The number of hydrogen-bond acceptors (Lipinski definition) is 3. The van der Waals surface area contributed by atoms with Crippen LogP contribution in [0.2, 0.25) is 0 Å². The van der Waals surface area contributed by atoms with Crippen molar-refractivity contribution in [3.63, 3.8) is 0 Å². The molecule has 0 aliphatic carbocycles. The molecule has 0 unspecified atom stereocenters. The van der Waals surface area contributed by atoms with E-state index >= 15 is 0 Å². The zero-order valence-electron chi connectivity index (χ0n) is 25.7. The van der Waals surface area contributed by atoms with Crippen molar-refractivity contribution in [1.29, 1.82) is 0 Å². The molecule has 224 valence electrons. The van der Waals surface area contributed by atoms with E-state index in [2.05, 4.69) is 71.3 Å². The Bertz CT molecular complexity index is 2960. The molecule has 3 aromatic heterocycles. The van der Waals surface area contributed by atoms with Crippen LogP contribution in [0.25, 0.3) is 88.0 Å². The van der Waals surface area contributed by atoms with Crippen LogP contribution in [0.5, 0.6) is 0 Å². The Balaban J connectivity index is 1.44. The minimum absolute atomic E-state index is 0.0665. The van der Waals surface area contributed by atoms with Gasteiger partial charge in [-0.15, -0.1) is 0 Å². The second-order valence-electron chi connectivity index (χ2n) is 12.2. The highest BCUT2D eigenvalue weighted by molar-refractivity contribution is 6.26. The summed E-state index contributed by atoms with van der Waals surface area (Å²) in [4.78, 5) is 25.1. The van der Waals surface area contributed by atoms with Crippen molar-refractivity contribution in [2.75, 3.05) is 0 Å². The lowest BCUT2D eigenvalue weighted by molar-refractivity contribution is 1.02. The predicted octanol–water partition coefficient (Wildman–Crippen LogP) is 10.0. The lowest BCUT2D eigenvalue weighted by atomic mass is 10.0. The standard InChI is InChI=1S/C43H26N4O/c48-42-34-24-23-31-35-25-28-15-7-8-16-29(28)26-38(35)47(43-44-36-21-11-9-19-32(36)40(45-43)27-13-3-1-4-14-27)41(31)39(34)33-20-10-12-22-37(33)46(42)30-17-5-2-6-18-30/h1-26H. The van der Waals surface area contributed by atoms with Crippen molar-refractivity contribution in [3.05, 3.63) is 168 Å². The van der Waals surface area contributed by atoms with E-state index in [-0.39, 0.29) is 5.56 Å². The third kappa shape index (κ3) is 3.82. The monoisotopic (exact) mass is 614 g/mol. The fraction of sp³-hybridized carbons (Fsp3) is 0. The van der Waals surface area contributed by atoms with Crippen LogP contribution < -0.4 is 5.56 Å². The summed E-state index contributed by atoms with van der Waals surface area (Å²) in [5, 5.41) is 7.90. The number of para-hydroxylation sites is 3. The van der Waals surface area contributed by atoms with E-state index in [9.17, 15) is 4.79 Å². The highest BCUT2D eigenvalue weighted by atomic mass is 16.1. The van der Waals surface area contributed by atoms with Gasteiger partial charge in [0.15, 0.2) is 0 Å². The fourth-order valence-corrected chi connectivity index (χ4v) is 7.37. The zero-order valence-corrected chi connectivity index (χ0v) is 25.7. The summed E-state index contributed by atoms with van der Waals surface area (Å²) >= 11 is 0. The molecule has 0 aliphatic rings. The first-order valence-electron chi connectivity index (χ1n) is 16.1. The normalized spacial score (nSPS) is 11.8. The predicted molar refractivity (Wildman–Crippen MR) is 197 cm³/mol. The van der Waals surface area contributed by atoms with Gasteiger partial charge < -0.3 is 0 Å². The number of pyridine rings is 1. The lowest BCUT2D eigenvalue weighted by Crippen LogP contribution is -2.19. The quantitative estimate of drug-likeness (QED) is 0.186. The molecular formula is C43H26N4O. The average Bonchev–Trinajstić information content (AvgIpc) is 3.47. The molecule has 0 radical (unpaired) electrons. The van der Waals surface area contributed by atoms with Gasteiger partial charge in [-0.05, 0) is 53.2 Å². The second-order valence-corrected chi connectivity index (χ2v) is 12.2. The van der Waals surface area contributed by atoms with Gasteiger partial charge in [0.1, 0.15) is 0 Å². The van der Waals surface area contributed by atoms with Gasteiger partial charge in [-0.1, -0.05) is 115 Å². The third-order valence-corrected chi connectivity index (χ3v) is 9.50. The molecule has 10 aromatic rings. The topological polar surface area (TPSA) is 52.7 Å². The lowest BCUT2D eigenvalue weighted by Gasteiger charge is -2.16. The number of nitrogens with zero attached hydrogens (tertiary/aromatic N) is 4.